The number of hydrogen-bond donors (Lipinski definition) is 1. The zero-order chi connectivity index (χ0) is 15.3. The van der Waals surface area contributed by atoms with E-state index in [9.17, 15) is 0 Å². The molecule has 0 saturated carbocycles. The standard InChI is InChI=1S/C19H24N2O/c20-19(21-13-7-8-14-21,15-17-9-3-1-4-10-17)16-22-18-11-5-2-6-12-18/h1-6,9-12H,7-8,13-16,20H2. The van der Waals surface area contributed by atoms with E-state index in [-0.39, 0.29) is 0 Å². The van der Waals surface area contributed by atoms with Gasteiger partial charge >= 0.3 is 0 Å². The lowest BCUT2D eigenvalue weighted by atomic mass is 9.99. The molecule has 1 aliphatic rings. The molecule has 1 aliphatic heterocycles. The van der Waals surface area contributed by atoms with E-state index < -0.39 is 5.66 Å². The Labute approximate surface area is 132 Å². The van der Waals surface area contributed by atoms with E-state index in [1.54, 1.807) is 0 Å². The number of benzene rings is 2. The molecule has 0 spiro atoms. The third-order valence-corrected chi connectivity index (χ3v) is 4.32. The Morgan fingerprint density at radius 3 is 2.14 bits per heavy atom. The number of ether oxygens (including phenoxy) is 1. The Kier molecular flexibility index (Phi) is 4.76. The van der Waals surface area contributed by atoms with Crippen LogP contribution in [0.25, 0.3) is 0 Å². The van der Waals surface area contributed by atoms with Crippen LogP contribution in [-0.2, 0) is 6.42 Å². The lowest BCUT2D eigenvalue weighted by Crippen LogP contribution is -2.60. The summed E-state index contributed by atoms with van der Waals surface area (Å²) in [5.74, 6) is 0.879. The predicted molar refractivity (Wildman–Crippen MR) is 89.8 cm³/mol. The molecule has 0 radical (unpaired) electrons. The van der Waals surface area contributed by atoms with Crippen LogP contribution in [0.2, 0.25) is 0 Å². The number of rotatable bonds is 6. The fourth-order valence-electron chi connectivity index (χ4n) is 3.09. The number of likely N-dealkylation sites (tertiary alicyclic amines) is 1. The summed E-state index contributed by atoms with van der Waals surface area (Å²) in [6.07, 6.45) is 3.25. The zero-order valence-corrected chi connectivity index (χ0v) is 12.9. The first-order valence-electron chi connectivity index (χ1n) is 8.02. The van der Waals surface area contributed by atoms with Crippen LogP contribution in [0.5, 0.6) is 5.75 Å². The lowest BCUT2D eigenvalue weighted by molar-refractivity contribution is 0.0630. The number of hydrogen-bond acceptors (Lipinski definition) is 3. The molecule has 1 saturated heterocycles. The molecule has 3 heteroatoms. The van der Waals surface area contributed by atoms with Crippen LogP contribution in [-0.4, -0.2) is 30.3 Å². The second-order valence-corrected chi connectivity index (χ2v) is 6.06. The molecule has 1 unspecified atom stereocenters. The van der Waals surface area contributed by atoms with Gasteiger partial charge in [0.05, 0.1) is 0 Å². The van der Waals surface area contributed by atoms with Gasteiger partial charge in [0.2, 0.25) is 0 Å². The molecular weight excluding hydrogens is 272 g/mol. The minimum Gasteiger partial charge on any atom is -0.490 e. The topological polar surface area (TPSA) is 38.5 Å². The fourth-order valence-corrected chi connectivity index (χ4v) is 3.09. The van der Waals surface area contributed by atoms with Crippen molar-refractivity contribution in [3.05, 3.63) is 66.2 Å². The van der Waals surface area contributed by atoms with E-state index in [1.807, 2.05) is 36.4 Å². The molecule has 1 heterocycles. The van der Waals surface area contributed by atoms with Crippen LogP contribution in [0.1, 0.15) is 18.4 Å². The van der Waals surface area contributed by atoms with Crippen molar-refractivity contribution < 1.29 is 4.74 Å². The summed E-state index contributed by atoms with van der Waals surface area (Å²) >= 11 is 0. The highest BCUT2D eigenvalue weighted by Crippen LogP contribution is 2.23. The molecular formula is C19H24N2O. The number of para-hydroxylation sites is 1. The van der Waals surface area contributed by atoms with Crippen LogP contribution >= 0.6 is 0 Å². The molecule has 22 heavy (non-hydrogen) atoms. The fraction of sp³-hybridized carbons (Fsp3) is 0.368. The van der Waals surface area contributed by atoms with Crippen LogP contribution in [0.4, 0.5) is 0 Å². The van der Waals surface area contributed by atoms with Gasteiger partial charge in [0.25, 0.3) is 0 Å². The van der Waals surface area contributed by atoms with Gasteiger partial charge in [-0.1, -0.05) is 48.5 Å². The summed E-state index contributed by atoms with van der Waals surface area (Å²) in [7, 11) is 0. The predicted octanol–water partition coefficient (Wildman–Crippen LogP) is 3.06. The van der Waals surface area contributed by atoms with Crippen LogP contribution in [0.3, 0.4) is 0 Å². The van der Waals surface area contributed by atoms with Crippen molar-refractivity contribution in [2.75, 3.05) is 19.7 Å². The Balaban J connectivity index is 1.73. The third kappa shape index (κ3) is 3.67. The van der Waals surface area contributed by atoms with Crippen molar-refractivity contribution >= 4 is 0 Å². The molecule has 3 rings (SSSR count). The van der Waals surface area contributed by atoms with Crippen molar-refractivity contribution in [1.82, 2.24) is 4.90 Å². The van der Waals surface area contributed by atoms with Gasteiger partial charge in [0.1, 0.15) is 18.0 Å². The van der Waals surface area contributed by atoms with E-state index in [2.05, 4.69) is 29.2 Å². The van der Waals surface area contributed by atoms with Gasteiger partial charge in [-0.05, 0) is 30.5 Å². The first-order valence-corrected chi connectivity index (χ1v) is 8.02. The SMILES string of the molecule is NC(COc1ccccc1)(Cc1ccccc1)N1CCCC1. The summed E-state index contributed by atoms with van der Waals surface area (Å²) in [6.45, 7) is 2.62. The third-order valence-electron chi connectivity index (χ3n) is 4.32. The highest BCUT2D eigenvalue weighted by atomic mass is 16.5. The van der Waals surface area contributed by atoms with Crippen molar-refractivity contribution in [3.8, 4) is 5.75 Å². The molecule has 2 aromatic rings. The molecule has 0 aromatic heterocycles. The van der Waals surface area contributed by atoms with Gasteiger partial charge in [0.15, 0.2) is 0 Å². The maximum atomic E-state index is 6.78. The number of nitrogens with two attached hydrogens (primary N) is 1. The largest absolute Gasteiger partial charge is 0.490 e. The molecule has 2 N–H and O–H groups in total. The molecule has 116 valence electrons. The van der Waals surface area contributed by atoms with E-state index >= 15 is 0 Å². The minimum atomic E-state index is -0.451. The van der Waals surface area contributed by atoms with Gasteiger partial charge in [-0.15, -0.1) is 0 Å². The monoisotopic (exact) mass is 296 g/mol. The van der Waals surface area contributed by atoms with Crippen LogP contribution < -0.4 is 10.5 Å². The van der Waals surface area contributed by atoms with Crippen LogP contribution in [0.15, 0.2) is 60.7 Å². The second kappa shape index (κ2) is 6.95. The lowest BCUT2D eigenvalue weighted by Gasteiger charge is -2.38. The molecule has 1 atom stereocenters. The van der Waals surface area contributed by atoms with Crippen LogP contribution in [0, 0.1) is 0 Å². The summed E-state index contributed by atoms with van der Waals surface area (Å²) in [4.78, 5) is 2.38. The molecule has 0 amide bonds. The first kappa shape index (κ1) is 15.1. The molecule has 2 aromatic carbocycles. The van der Waals surface area contributed by atoms with E-state index in [0.717, 1.165) is 25.3 Å². The van der Waals surface area contributed by atoms with Crippen molar-refractivity contribution in [3.63, 3.8) is 0 Å². The molecule has 3 nitrogen and oxygen atoms in total. The molecule has 0 bridgehead atoms. The van der Waals surface area contributed by atoms with Gasteiger partial charge in [0, 0.05) is 19.5 Å². The number of nitrogens with zero attached hydrogens (tertiary/aromatic N) is 1. The average molecular weight is 296 g/mol. The Hall–Kier alpha value is -1.84. The van der Waals surface area contributed by atoms with Gasteiger partial charge in [-0.2, -0.15) is 0 Å². The Bertz CT molecular complexity index is 567. The highest BCUT2D eigenvalue weighted by Gasteiger charge is 2.35. The summed E-state index contributed by atoms with van der Waals surface area (Å²) < 4.78 is 5.99. The van der Waals surface area contributed by atoms with E-state index in [0.29, 0.717) is 6.61 Å². The summed E-state index contributed by atoms with van der Waals surface area (Å²) in [5.41, 5.74) is 7.59. The van der Waals surface area contributed by atoms with E-state index in [4.69, 9.17) is 10.5 Å². The van der Waals surface area contributed by atoms with Crippen molar-refractivity contribution in [1.29, 1.82) is 0 Å². The van der Waals surface area contributed by atoms with Crippen molar-refractivity contribution in [2.45, 2.75) is 24.9 Å². The van der Waals surface area contributed by atoms with E-state index in [1.165, 1.54) is 18.4 Å². The first-order chi connectivity index (χ1) is 10.8. The quantitative estimate of drug-likeness (QED) is 0.890. The van der Waals surface area contributed by atoms with Crippen molar-refractivity contribution in [2.24, 2.45) is 5.73 Å². The van der Waals surface area contributed by atoms with Gasteiger partial charge in [-0.3, -0.25) is 4.90 Å². The maximum Gasteiger partial charge on any atom is 0.120 e. The normalized spacial score (nSPS) is 18.0. The Morgan fingerprint density at radius 1 is 0.909 bits per heavy atom. The Morgan fingerprint density at radius 2 is 1.50 bits per heavy atom. The molecule has 1 fully saturated rings. The maximum absolute atomic E-state index is 6.78. The summed E-state index contributed by atoms with van der Waals surface area (Å²) in [6, 6.07) is 20.4. The smallest absolute Gasteiger partial charge is 0.120 e. The average Bonchev–Trinajstić information content (AvgIpc) is 3.10. The summed E-state index contributed by atoms with van der Waals surface area (Å²) in [5, 5.41) is 0. The minimum absolute atomic E-state index is 0.451. The molecule has 0 aliphatic carbocycles. The van der Waals surface area contributed by atoms with Gasteiger partial charge in [-0.25, -0.2) is 0 Å². The van der Waals surface area contributed by atoms with Gasteiger partial charge < -0.3 is 10.5 Å². The highest BCUT2D eigenvalue weighted by molar-refractivity contribution is 5.22. The zero-order valence-electron chi connectivity index (χ0n) is 12.9. The second-order valence-electron chi connectivity index (χ2n) is 6.06.